The van der Waals surface area contributed by atoms with E-state index in [0.717, 1.165) is 12.0 Å². The van der Waals surface area contributed by atoms with Crippen LogP contribution in [0.3, 0.4) is 0 Å². The van der Waals surface area contributed by atoms with Gasteiger partial charge in [-0.1, -0.05) is 62.0 Å². The van der Waals surface area contributed by atoms with Crippen LogP contribution in [0.4, 0.5) is 0 Å². The molecule has 0 atom stereocenters. The van der Waals surface area contributed by atoms with E-state index in [1.54, 1.807) is 13.0 Å². The van der Waals surface area contributed by atoms with Crippen molar-refractivity contribution in [3.63, 3.8) is 0 Å². The van der Waals surface area contributed by atoms with Crippen LogP contribution < -0.4 is 0 Å². The maximum Gasteiger partial charge on any atom is 0.333 e. The summed E-state index contributed by atoms with van der Waals surface area (Å²) in [5, 5.41) is 0. The smallest absolute Gasteiger partial charge is 0.333 e. The van der Waals surface area contributed by atoms with E-state index in [2.05, 4.69) is 39.5 Å². The lowest BCUT2D eigenvalue weighted by Crippen LogP contribution is -2.19. The zero-order valence-corrected chi connectivity index (χ0v) is 15.9. The van der Waals surface area contributed by atoms with Crippen molar-refractivity contribution in [2.75, 3.05) is 6.61 Å². The fourth-order valence-corrected chi connectivity index (χ4v) is 3.02. The number of ether oxygens (including phenoxy) is 1. The zero-order valence-electron chi connectivity index (χ0n) is 15.9. The molecule has 1 aliphatic carbocycles. The molecule has 0 radical (unpaired) electrons. The summed E-state index contributed by atoms with van der Waals surface area (Å²) in [4.78, 5) is 11.5. The lowest BCUT2D eigenvalue weighted by molar-refractivity contribution is -0.138. The molecule has 0 saturated carbocycles. The maximum atomic E-state index is 11.5. The summed E-state index contributed by atoms with van der Waals surface area (Å²) in [6.45, 7) is 15.0. The van der Waals surface area contributed by atoms with Crippen molar-refractivity contribution < 1.29 is 9.53 Å². The number of rotatable bonds is 7. The van der Waals surface area contributed by atoms with Gasteiger partial charge in [-0.3, -0.25) is 0 Å². The molecule has 2 heteroatoms. The average Bonchev–Trinajstić information content (AvgIpc) is 2.50. The highest BCUT2D eigenvalue weighted by Crippen LogP contribution is 2.40. The molecule has 0 heterocycles. The molecule has 1 aliphatic rings. The molecule has 0 aliphatic heterocycles. The van der Waals surface area contributed by atoms with E-state index in [-0.39, 0.29) is 11.4 Å². The van der Waals surface area contributed by atoms with Gasteiger partial charge in [0.05, 0.1) is 6.61 Å². The zero-order chi connectivity index (χ0) is 18.2. The third kappa shape index (κ3) is 6.35. The predicted molar refractivity (Wildman–Crippen MR) is 103 cm³/mol. The summed E-state index contributed by atoms with van der Waals surface area (Å²) in [6, 6.07) is 0. The van der Waals surface area contributed by atoms with Gasteiger partial charge in [-0.25, -0.2) is 4.79 Å². The van der Waals surface area contributed by atoms with Gasteiger partial charge in [0.2, 0.25) is 0 Å². The minimum atomic E-state index is -0.261. The molecule has 0 amide bonds. The van der Waals surface area contributed by atoms with Crippen LogP contribution in [-0.4, -0.2) is 12.6 Å². The number of hydrogen-bond acceptors (Lipinski definition) is 2. The highest BCUT2D eigenvalue weighted by molar-refractivity contribution is 5.88. The topological polar surface area (TPSA) is 26.3 Å². The molecule has 0 unspecified atom stereocenters. The van der Waals surface area contributed by atoms with E-state index in [1.807, 2.05) is 19.1 Å². The Balaban J connectivity index is 2.59. The Morgan fingerprint density at radius 2 is 2.08 bits per heavy atom. The molecular formula is C22H32O2. The van der Waals surface area contributed by atoms with Crippen LogP contribution in [0.25, 0.3) is 0 Å². The molecular weight excluding hydrogens is 296 g/mol. The number of allylic oxidation sites excluding steroid dienone is 8. The Kier molecular flexibility index (Phi) is 7.97. The molecule has 0 aromatic rings. The third-order valence-corrected chi connectivity index (χ3v) is 4.49. The fourth-order valence-electron chi connectivity index (χ4n) is 3.02. The molecule has 0 N–H and O–H groups in total. The second kappa shape index (κ2) is 9.46. The van der Waals surface area contributed by atoms with E-state index >= 15 is 0 Å². The summed E-state index contributed by atoms with van der Waals surface area (Å²) in [7, 11) is 0. The van der Waals surface area contributed by atoms with Gasteiger partial charge in [0.15, 0.2) is 0 Å². The van der Waals surface area contributed by atoms with Crippen LogP contribution in [0.5, 0.6) is 0 Å². The van der Waals surface area contributed by atoms with Crippen LogP contribution in [-0.2, 0) is 9.53 Å². The van der Waals surface area contributed by atoms with E-state index in [0.29, 0.717) is 12.2 Å². The minimum Gasteiger partial charge on any atom is -0.463 e. The molecule has 0 saturated heterocycles. The molecule has 24 heavy (non-hydrogen) atoms. The van der Waals surface area contributed by atoms with Gasteiger partial charge < -0.3 is 4.74 Å². The van der Waals surface area contributed by atoms with Gasteiger partial charge in [-0.15, -0.1) is 0 Å². The number of carbonyl (C=O) groups is 1. The lowest BCUT2D eigenvalue weighted by atomic mass is 9.72. The van der Waals surface area contributed by atoms with Crippen molar-refractivity contribution >= 4 is 5.97 Å². The van der Waals surface area contributed by atoms with Gasteiger partial charge in [-0.05, 0) is 57.4 Å². The molecule has 0 aromatic carbocycles. The first-order chi connectivity index (χ1) is 11.3. The number of esters is 1. The van der Waals surface area contributed by atoms with Crippen molar-refractivity contribution in [2.45, 2.75) is 60.3 Å². The maximum absolute atomic E-state index is 11.5. The third-order valence-electron chi connectivity index (χ3n) is 4.49. The van der Waals surface area contributed by atoms with Gasteiger partial charge >= 0.3 is 5.97 Å². The highest BCUT2D eigenvalue weighted by atomic mass is 16.5. The molecule has 1 rings (SSSR count). The van der Waals surface area contributed by atoms with Crippen LogP contribution >= 0.6 is 0 Å². The van der Waals surface area contributed by atoms with E-state index < -0.39 is 0 Å². The van der Waals surface area contributed by atoms with E-state index in [9.17, 15) is 4.79 Å². The largest absolute Gasteiger partial charge is 0.463 e. The standard InChI is InChI=1S/C22H32O2/c1-7-24-21(23)19(4)12-9-8-11-17(2)14-15-20-18(3)13-10-16-22(20,5)6/h8-9,12,14-15H,2,7,10-11,13,16H2,1,3-6H3/b9-8+,15-14+,19-12+. The van der Waals surface area contributed by atoms with Crippen molar-refractivity contribution in [3.05, 3.63) is 59.3 Å². The molecule has 132 valence electrons. The SMILES string of the molecule is C=C(/C=C/C1=C(C)CCCC1(C)C)C/C=C/C=C(\C)C(=O)OCC. The summed E-state index contributed by atoms with van der Waals surface area (Å²) in [5.41, 5.74) is 4.89. The second-order valence-corrected chi connectivity index (χ2v) is 7.13. The van der Waals surface area contributed by atoms with E-state index in [1.165, 1.54) is 30.4 Å². The Hall–Kier alpha value is -1.83. The van der Waals surface area contributed by atoms with Gasteiger partial charge in [0.1, 0.15) is 0 Å². The normalized spacial score (nSPS) is 18.5. The van der Waals surface area contributed by atoms with Crippen LogP contribution in [0.2, 0.25) is 0 Å². The average molecular weight is 328 g/mol. The molecule has 0 aromatic heterocycles. The first kappa shape index (κ1) is 20.2. The molecule has 0 fully saturated rings. The Morgan fingerprint density at radius 1 is 1.38 bits per heavy atom. The molecule has 0 spiro atoms. The van der Waals surface area contributed by atoms with Gasteiger partial charge in [-0.2, -0.15) is 0 Å². The Bertz CT molecular complexity index is 583. The van der Waals surface area contributed by atoms with Crippen molar-refractivity contribution in [3.8, 4) is 0 Å². The summed E-state index contributed by atoms with van der Waals surface area (Å²) in [5.74, 6) is -0.261. The van der Waals surface area contributed by atoms with Crippen molar-refractivity contribution in [1.29, 1.82) is 0 Å². The van der Waals surface area contributed by atoms with Gasteiger partial charge in [0.25, 0.3) is 0 Å². The van der Waals surface area contributed by atoms with Crippen molar-refractivity contribution in [2.24, 2.45) is 5.41 Å². The summed E-state index contributed by atoms with van der Waals surface area (Å²) >= 11 is 0. The second-order valence-electron chi connectivity index (χ2n) is 7.13. The molecule has 2 nitrogen and oxygen atoms in total. The molecule has 0 bridgehead atoms. The first-order valence-corrected chi connectivity index (χ1v) is 8.84. The van der Waals surface area contributed by atoms with E-state index in [4.69, 9.17) is 4.74 Å². The lowest BCUT2D eigenvalue weighted by Gasteiger charge is -2.33. The van der Waals surface area contributed by atoms with Crippen LogP contribution in [0.1, 0.15) is 60.3 Å². The number of carbonyl (C=O) groups excluding carboxylic acids is 1. The first-order valence-electron chi connectivity index (χ1n) is 8.84. The van der Waals surface area contributed by atoms with Crippen molar-refractivity contribution in [1.82, 2.24) is 0 Å². The summed E-state index contributed by atoms with van der Waals surface area (Å²) < 4.78 is 4.94. The van der Waals surface area contributed by atoms with Crippen LogP contribution in [0, 0.1) is 5.41 Å². The minimum absolute atomic E-state index is 0.258. The Labute approximate surface area is 147 Å². The predicted octanol–water partition coefficient (Wildman–Crippen LogP) is 6.08. The number of hydrogen-bond donors (Lipinski definition) is 0. The monoisotopic (exact) mass is 328 g/mol. The quantitative estimate of drug-likeness (QED) is 0.321. The van der Waals surface area contributed by atoms with Gasteiger partial charge in [0, 0.05) is 5.57 Å². The highest BCUT2D eigenvalue weighted by Gasteiger charge is 2.26. The van der Waals surface area contributed by atoms with Crippen LogP contribution in [0.15, 0.2) is 59.3 Å². The Morgan fingerprint density at radius 3 is 2.71 bits per heavy atom. The fraction of sp³-hybridized carbons (Fsp3) is 0.500. The summed E-state index contributed by atoms with van der Waals surface area (Å²) in [6.07, 6.45) is 14.6.